The van der Waals surface area contributed by atoms with Gasteiger partial charge in [0.1, 0.15) is 4.83 Å². The number of hydrogen-bond donors (Lipinski definition) is 0. The molecule has 2 aromatic heterocycles. The molecule has 146 valence electrons. The van der Waals surface area contributed by atoms with Crippen molar-refractivity contribution in [2.75, 3.05) is 32.7 Å². The van der Waals surface area contributed by atoms with Gasteiger partial charge in [0.05, 0.1) is 10.6 Å². The minimum atomic E-state index is -0.250. The van der Waals surface area contributed by atoms with E-state index in [-0.39, 0.29) is 16.7 Å². The number of carbonyl (C=O) groups excluding carboxylic acids is 1. The topological polar surface area (TPSA) is 58.4 Å². The van der Waals surface area contributed by atoms with Crippen LogP contribution in [0, 0.1) is 0 Å². The van der Waals surface area contributed by atoms with E-state index in [9.17, 15) is 9.59 Å². The molecule has 0 N–H and O–H groups in total. The Morgan fingerprint density at radius 2 is 2.00 bits per heavy atom. The van der Waals surface area contributed by atoms with Gasteiger partial charge in [-0.1, -0.05) is 18.7 Å². The average Bonchev–Trinajstić information content (AvgIpc) is 3.26. The van der Waals surface area contributed by atoms with E-state index in [1.54, 1.807) is 23.0 Å². The van der Waals surface area contributed by atoms with Gasteiger partial charge in [-0.05, 0) is 38.3 Å². The Morgan fingerprint density at radius 3 is 2.70 bits per heavy atom. The maximum absolute atomic E-state index is 12.9. The number of nitrogens with zero attached hydrogens (tertiary/aromatic N) is 4. The molecule has 1 aliphatic carbocycles. The van der Waals surface area contributed by atoms with Gasteiger partial charge < -0.3 is 9.80 Å². The predicted molar refractivity (Wildman–Crippen MR) is 111 cm³/mol. The van der Waals surface area contributed by atoms with E-state index < -0.39 is 0 Å². The Bertz CT molecular complexity index is 928. The third-order valence-electron chi connectivity index (χ3n) is 5.67. The van der Waals surface area contributed by atoms with Crippen LogP contribution in [0.1, 0.15) is 30.7 Å². The summed E-state index contributed by atoms with van der Waals surface area (Å²) in [6.45, 7) is 8.53. The van der Waals surface area contributed by atoms with Gasteiger partial charge in [0, 0.05) is 38.1 Å². The number of carbonyl (C=O) groups is 1. The van der Waals surface area contributed by atoms with E-state index in [0.29, 0.717) is 5.16 Å². The Labute approximate surface area is 167 Å². The van der Waals surface area contributed by atoms with E-state index in [2.05, 4.69) is 11.8 Å². The molecule has 1 fully saturated rings. The molecule has 0 spiro atoms. The Balaban J connectivity index is 1.54. The number of rotatable bonds is 4. The molecule has 1 saturated heterocycles. The van der Waals surface area contributed by atoms with Crippen molar-refractivity contribution < 1.29 is 4.79 Å². The van der Waals surface area contributed by atoms with Gasteiger partial charge in [0.15, 0.2) is 5.16 Å². The van der Waals surface area contributed by atoms with Crippen molar-refractivity contribution in [3.05, 3.63) is 20.8 Å². The third kappa shape index (κ3) is 3.43. The molecule has 1 aliphatic heterocycles. The predicted octanol–water partition coefficient (Wildman–Crippen LogP) is 2.13. The van der Waals surface area contributed by atoms with Crippen LogP contribution in [0.5, 0.6) is 0 Å². The van der Waals surface area contributed by atoms with Gasteiger partial charge >= 0.3 is 0 Å². The SMILES string of the molecule is CCN1CCN(C(=O)[C@@H](C)Sc2nc3sc4c(c3c(=O)n2C)CCC4)CC1. The van der Waals surface area contributed by atoms with Gasteiger partial charge in [-0.15, -0.1) is 11.3 Å². The van der Waals surface area contributed by atoms with E-state index >= 15 is 0 Å². The van der Waals surface area contributed by atoms with E-state index in [0.717, 1.165) is 62.2 Å². The van der Waals surface area contributed by atoms with Crippen LogP contribution in [0.4, 0.5) is 0 Å². The molecule has 0 saturated carbocycles. The molecule has 3 heterocycles. The zero-order valence-electron chi connectivity index (χ0n) is 16.2. The lowest BCUT2D eigenvalue weighted by molar-refractivity contribution is -0.132. The lowest BCUT2D eigenvalue weighted by Gasteiger charge is -2.35. The second-order valence-electron chi connectivity index (χ2n) is 7.32. The summed E-state index contributed by atoms with van der Waals surface area (Å²) in [5.41, 5.74) is 1.23. The zero-order valence-corrected chi connectivity index (χ0v) is 17.8. The molecule has 4 rings (SSSR count). The zero-order chi connectivity index (χ0) is 19.1. The first-order valence-corrected chi connectivity index (χ1v) is 11.4. The quantitative estimate of drug-likeness (QED) is 0.575. The van der Waals surface area contributed by atoms with Gasteiger partial charge in [-0.3, -0.25) is 14.2 Å². The van der Waals surface area contributed by atoms with Crippen LogP contribution < -0.4 is 5.56 Å². The molecule has 27 heavy (non-hydrogen) atoms. The van der Waals surface area contributed by atoms with Crippen LogP contribution >= 0.6 is 23.1 Å². The minimum Gasteiger partial charge on any atom is -0.339 e. The van der Waals surface area contributed by atoms with Gasteiger partial charge in [0.25, 0.3) is 5.56 Å². The Hall–Kier alpha value is -1.38. The van der Waals surface area contributed by atoms with Crippen molar-refractivity contribution in [3.63, 3.8) is 0 Å². The van der Waals surface area contributed by atoms with Crippen molar-refractivity contribution in [2.24, 2.45) is 7.05 Å². The first kappa shape index (κ1) is 19.0. The molecular weight excluding hydrogens is 380 g/mol. The molecule has 2 aliphatic rings. The maximum atomic E-state index is 12.9. The second kappa shape index (κ2) is 7.56. The highest BCUT2D eigenvalue weighted by Gasteiger charge is 2.27. The van der Waals surface area contributed by atoms with Crippen LogP contribution in [0.3, 0.4) is 0 Å². The summed E-state index contributed by atoms with van der Waals surface area (Å²) in [6, 6.07) is 0. The van der Waals surface area contributed by atoms with Gasteiger partial charge in [-0.2, -0.15) is 0 Å². The highest BCUT2D eigenvalue weighted by Crippen LogP contribution is 2.35. The van der Waals surface area contributed by atoms with E-state index in [1.807, 2.05) is 11.8 Å². The number of thioether (sulfide) groups is 1. The average molecular weight is 407 g/mol. The summed E-state index contributed by atoms with van der Waals surface area (Å²) < 4.78 is 1.62. The van der Waals surface area contributed by atoms with Crippen molar-refractivity contribution in [3.8, 4) is 0 Å². The fourth-order valence-electron chi connectivity index (χ4n) is 3.96. The fraction of sp³-hybridized carbons (Fsp3) is 0.632. The summed E-state index contributed by atoms with van der Waals surface area (Å²) in [4.78, 5) is 37.0. The molecule has 0 radical (unpaired) electrons. The van der Waals surface area contributed by atoms with Crippen LogP contribution in [-0.4, -0.2) is 63.2 Å². The summed E-state index contributed by atoms with van der Waals surface area (Å²) in [5, 5.41) is 1.19. The number of fused-ring (bicyclic) bond motifs is 3. The monoisotopic (exact) mass is 406 g/mol. The third-order valence-corrected chi connectivity index (χ3v) is 7.98. The number of amides is 1. The summed E-state index contributed by atoms with van der Waals surface area (Å²) in [7, 11) is 1.77. The molecule has 2 aromatic rings. The molecule has 1 amide bonds. The Morgan fingerprint density at radius 1 is 1.26 bits per heavy atom. The second-order valence-corrected chi connectivity index (χ2v) is 9.71. The number of aryl methyl sites for hydroxylation is 2. The highest BCUT2D eigenvalue weighted by molar-refractivity contribution is 8.00. The van der Waals surface area contributed by atoms with E-state index in [1.165, 1.54) is 22.2 Å². The van der Waals surface area contributed by atoms with Crippen molar-refractivity contribution in [1.82, 2.24) is 19.4 Å². The van der Waals surface area contributed by atoms with Crippen molar-refractivity contribution in [1.29, 1.82) is 0 Å². The molecule has 0 bridgehead atoms. The molecule has 0 aromatic carbocycles. The van der Waals surface area contributed by atoms with Gasteiger partial charge in [-0.25, -0.2) is 4.98 Å². The van der Waals surface area contributed by atoms with Crippen LogP contribution in [0.2, 0.25) is 0 Å². The van der Waals surface area contributed by atoms with Crippen molar-refractivity contribution >= 4 is 39.2 Å². The molecular formula is C19H26N4O2S2. The molecule has 0 unspecified atom stereocenters. The number of thiophene rings is 1. The summed E-state index contributed by atoms with van der Waals surface area (Å²) >= 11 is 3.05. The van der Waals surface area contributed by atoms with Crippen LogP contribution in [-0.2, 0) is 24.7 Å². The number of aromatic nitrogens is 2. The molecule has 8 heteroatoms. The van der Waals surface area contributed by atoms with Crippen molar-refractivity contribution in [2.45, 2.75) is 43.5 Å². The lowest BCUT2D eigenvalue weighted by Crippen LogP contribution is -2.50. The molecule has 6 nitrogen and oxygen atoms in total. The number of likely N-dealkylation sites (N-methyl/N-ethyl adjacent to an activating group) is 1. The number of hydrogen-bond acceptors (Lipinski definition) is 6. The normalized spacial score (nSPS) is 18.9. The maximum Gasteiger partial charge on any atom is 0.262 e. The largest absolute Gasteiger partial charge is 0.339 e. The lowest BCUT2D eigenvalue weighted by atomic mass is 10.2. The first-order valence-electron chi connectivity index (χ1n) is 9.68. The smallest absolute Gasteiger partial charge is 0.262 e. The standard InChI is InChI=1S/C19H26N4O2S2/c1-4-22-8-10-23(11-9-22)17(24)12(2)26-19-20-16-15(18(25)21(19)3)13-6-5-7-14(13)27-16/h12H,4-11H2,1-3H3/t12-/m1/s1. The molecule has 1 atom stereocenters. The first-order chi connectivity index (χ1) is 13.0. The highest BCUT2D eigenvalue weighted by atomic mass is 32.2. The van der Waals surface area contributed by atoms with Crippen LogP contribution in [0.15, 0.2) is 9.95 Å². The summed E-state index contributed by atoms with van der Waals surface area (Å²) in [5.74, 6) is 0.138. The van der Waals surface area contributed by atoms with Gasteiger partial charge in [0.2, 0.25) is 5.91 Å². The minimum absolute atomic E-state index is 0.0260. The van der Waals surface area contributed by atoms with Crippen LogP contribution in [0.25, 0.3) is 10.2 Å². The summed E-state index contributed by atoms with van der Waals surface area (Å²) in [6.07, 6.45) is 3.17. The van der Waals surface area contributed by atoms with E-state index in [4.69, 9.17) is 4.98 Å². The Kier molecular flexibility index (Phi) is 5.31. The number of piperazine rings is 1. The fourth-order valence-corrected chi connectivity index (χ4v) is 6.22.